The number of imidazole rings is 1. The summed E-state index contributed by atoms with van der Waals surface area (Å²) in [5, 5.41) is 8.66. The third-order valence-corrected chi connectivity index (χ3v) is 6.53. The molecule has 2 aromatic carbocycles. The highest BCUT2D eigenvalue weighted by atomic mass is 32.2. The molecule has 30 heavy (non-hydrogen) atoms. The number of aromatic nitrogens is 2. The Morgan fingerprint density at radius 3 is 2.53 bits per heavy atom. The molecule has 0 atom stereocenters. The standard InChI is InChI=1S/C21H24N4O3S2/c1-13-9-17(30(22,27)28)11-18(14(13)2)24-20(26)12-29-21-23-15(3)19(25-21)10-16-7-5-4-6-8-16/h4-9,11H,10,12H2,1-3H3,(H,23,25)(H,24,26)(H2,22,27,28). The summed E-state index contributed by atoms with van der Waals surface area (Å²) in [4.78, 5) is 20.2. The zero-order valence-electron chi connectivity index (χ0n) is 17.0. The van der Waals surface area contributed by atoms with Crippen LogP contribution in [0, 0.1) is 20.8 Å². The van der Waals surface area contributed by atoms with E-state index in [4.69, 9.17) is 5.14 Å². The van der Waals surface area contributed by atoms with E-state index in [2.05, 4.69) is 15.3 Å². The number of nitrogens with zero attached hydrogens (tertiary/aromatic N) is 1. The van der Waals surface area contributed by atoms with Gasteiger partial charge in [-0.1, -0.05) is 42.1 Å². The molecule has 0 aliphatic carbocycles. The van der Waals surface area contributed by atoms with Crippen LogP contribution in [0.25, 0.3) is 0 Å². The number of rotatable bonds is 7. The van der Waals surface area contributed by atoms with E-state index in [1.54, 1.807) is 6.92 Å². The summed E-state index contributed by atoms with van der Waals surface area (Å²) in [6, 6.07) is 12.9. The van der Waals surface area contributed by atoms with Gasteiger partial charge in [0, 0.05) is 17.8 Å². The van der Waals surface area contributed by atoms with Gasteiger partial charge in [-0.25, -0.2) is 18.5 Å². The highest BCUT2D eigenvalue weighted by Gasteiger charge is 2.15. The summed E-state index contributed by atoms with van der Waals surface area (Å²) in [7, 11) is -3.86. The zero-order valence-corrected chi connectivity index (χ0v) is 18.7. The fourth-order valence-electron chi connectivity index (χ4n) is 2.94. The maximum absolute atomic E-state index is 12.4. The van der Waals surface area contributed by atoms with Crippen molar-refractivity contribution in [3.63, 3.8) is 0 Å². The summed E-state index contributed by atoms with van der Waals surface area (Å²) < 4.78 is 23.3. The minimum absolute atomic E-state index is 0.0271. The topological polar surface area (TPSA) is 118 Å². The molecule has 0 aliphatic rings. The first-order valence-corrected chi connectivity index (χ1v) is 11.8. The summed E-state index contributed by atoms with van der Waals surface area (Å²) in [6.07, 6.45) is 0.717. The van der Waals surface area contributed by atoms with Crippen LogP contribution in [0.2, 0.25) is 0 Å². The second kappa shape index (κ2) is 9.03. The van der Waals surface area contributed by atoms with Gasteiger partial charge in [-0.2, -0.15) is 0 Å². The molecule has 0 unspecified atom stereocenters. The number of H-pyrrole nitrogens is 1. The van der Waals surface area contributed by atoms with Crippen LogP contribution in [0.3, 0.4) is 0 Å². The Balaban J connectivity index is 1.66. The van der Waals surface area contributed by atoms with Gasteiger partial charge in [0.05, 0.1) is 16.3 Å². The molecular formula is C21H24N4O3S2. The number of hydrogen-bond acceptors (Lipinski definition) is 5. The van der Waals surface area contributed by atoms with E-state index < -0.39 is 10.0 Å². The Morgan fingerprint density at radius 2 is 1.87 bits per heavy atom. The van der Waals surface area contributed by atoms with Crippen molar-refractivity contribution in [2.24, 2.45) is 5.14 Å². The number of anilines is 1. The second-order valence-electron chi connectivity index (χ2n) is 7.07. The van der Waals surface area contributed by atoms with E-state index in [0.29, 0.717) is 10.8 Å². The smallest absolute Gasteiger partial charge is 0.238 e. The predicted molar refractivity (Wildman–Crippen MR) is 119 cm³/mol. The largest absolute Gasteiger partial charge is 0.337 e. The fourth-order valence-corrected chi connectivity index (χ4v) is 4.30. The number of aryl methyl sites for hydroxylation is 2. The molecule has 3 aromatic rings. The number of aromatic amines is 1. The highest BCUT2D eigenvalue weighted by Crippen LogP contribution is 2.24. The Kier molecular flexibility index (Phi) is 6.64. The van der Waals surface area contributed by atoms with E-state index in [0.717, 1.165) is 28.9 Å². The second-order valence-corrected chi connectivity index (χ2v) is 9.60. The summed E-state index contributed by atoms with van der Waals surface area (Å²) >= 11 is 1.29. The first-order chi connectivity index (χ1) is 14.1. The molecule has 0 radical (unpaired) electrons. The normalized spacial score (nSPS) is 11.5. The van der Waals surface area contributed by atoms with Crippen molar-refractivity contribution in [3.05, 3.63) is 70.5 Å². The van der Waals surface area contributed by atoms with Crippen LogP contribution in [0.5, 0.6) is 0 Å². The molecule has 3 rings (SSSR count). The quantitative estimate of drug-likeness (QED) is 0.483. The molecular weight excluding hydrogens is 420 g/mol. The van der Waals surface area contributed by atoms with Crippen molar-refractivity contribution >= 4 is 33.4 Å². The van der Waals surface area contributed by atoms with Crippen molar-refractivity contribution in [2.45, 2.75) is 37.2 Å². The highest BCUT2D eigenvalue weighted by molar-refractivity contribution is 7.99. The van der Waals surface area contributed by atoms with Gasteiger partial charge >= 0.3 is 0 Å². The molecule has 1 amide bonds. The number of carbonyl (C=O) groups is 1. The molecule has 9 heteroatoms. The van der Waals surface area contributed by atoms with E-state index >= 15 is 0 Å². The Bertz CT molecular complexity index is 1170. The van der Waals surface area contributed by atoms with E-state index in [1.165, 1.54) is 29.5 Å². The molecule has 0 aliphatic heterocycles. The zero-order chi connectivity index (χ0) is 21.9. The predicted octanol–water partition coefficient (Wildman–Crippen LogP) is 3.30. The van der Waals surface area contributed by atoms with Crippen LogP contribution < -0.4 is 10.5 Å². The third kappa shape index (κ3) is 5.50. The van der Waals surface area contributed by atoms with Crippen LogP contribution >= 0.6 is 11.8 Å². The summed E-state index contributed by atoms with van der Waals surface area (Å²) in [6.45, 7) is 5.55. The van der Waals surface area contributed by atoms with E-state index in [1.807, 2.05) is 44.2 Å². The van der Waals surface area contributed by atoms with E-state index in [-0.39, 0.29) is 16.6 Å². The number of nitrogens with one attached hydrogen (secondary N) is 2. The van der Waals surface area contributed by atoms with Crippen LogP contribution in [-0.4, -0.2) is 30.0 Å². The van der Waals surface area contributed by atoms with Gasteiger partial charge in [0.2, 0.25) is 15.9 Å². The summed E-state index contributed by atoms with van der Waals surface area (Å²) in [5.74, 6) is -0.122. The third-order valence-electron chi connectivity index (χ3n) is 4.76. The first kappa shape index (κ1) is 22.1. The molecule has 1 heterocycles. The first-order valence-electron chi connectivity index (χ1n) is 9.29. The molecule has 158 valence electrons. The average Bonchev–Trinajstić information content (AvgIpc) is 3.03. The number of thioether (sulfide) groups is 1. The minimum atomic E-state index is -3.86. The Labute approximate surface area is 180 Å². The lowest BCUT2D eigenvalue weighted by molar-refractivity contribution is -0.113. The van der Waals surface area contributed by atoms with Crippen molar-refractivity contribution in [1.82, 2.24) is 9.97 Å². The molecule has 0 saturated carbocycles. The van der Waals surface area contributed by atoms with Crippen LogP contribution in [0.4, 0.5) is 5.69 Å². The molecule has 0 saturated heterocycles. The number of amides is 1. The lowest BCUT2D eigenvalue weighted by atomic mass is 10.1. The number of nitrogens with two attached hydrogens (primary N) is 1. The van der Waals surface area contributed by atoms with Crippen molar-refractivity contribution in [1.29, 1.82) is 0 Å². The van der Waals surface area contributed by atoms with Crippen LogP contribution in [0.15, 0.2) is 52.5 Å². The van der Waals surface area contributed by atoms with Gasteiger partial charge in [0.25, 0.3) is 0 Å². The van der Waals surface area contributed by atoms with Crippen molar-refractivity contribution in [2.75, 3.05) is 11.1 Å². The van der Waals surface area contributed by atoms with Crippen LogP contribution in [0.1, 0.15) is 28.1 Å². The molecule has 0 fully saturated rings. The lowest BCUT2D eigenvalue weighted by Gasteiger charge is -2.12. The fraction of sp³-hybridized carbons (Fsp3) is 0.238. The van der Waals surface area contributed by atoms with Gasteiger partial charge < -0.3 is 10.3 Å². The van der Waals surface area contributed by atoms with Crippen molar-refractivity contribution < 1.29 is 13.2 Å². The number of benzene rings is 2. The maximum atomic E-state index is 12.4. The minimum Gasteiger partial charge on any atom is -0.337 e. The molecule has 4 N–H and O–H groups in total. The Hall–Kier alpha value is -2.62. The van der Waals surface area contributed by atoms with Gasteiger partial charge in [-0.15, -0.1) is 0 Å². The lowest BCUT2D eigenvalue weighted by Crippen LogP contribution is -2.17. The monoisotopic (exact) mass is 444 g/mol. The Morgan fingerprint density at radius 1 is 1.17 bits per heavy atom. The molecule has 0 spiro atoms. The van der Waals surface area contributed by atoms with Gasteiger partial charge in [0.1, 0.15) is 0 Å². The van der Waals surface area contributed by atoms with Gasteiger partial charge in [-0.3, -0.25) is 4.79 Å². The average molecular weight is 445 g/mol. The number of carbonyl (C=O) groups excluding carboxylic acids is 1. The van der Waals surface area contributed by atoms with E-state index in [9.17, 15) is 13.2 Å². The number of primary sulfonamides is 1. The maximum Gasteiger partial charge on any atom is 0.238 e. The molecule has 1 aromatic heterocycles. The van der Waals surface area contributed by atoms with Crippen molar-refractivity contribution in [3.8, 4) is 0 Å². The SMILES string of the molecule is Cc1cc(S(N)(=O)=O)cc(NC(=O)CSc2nc(Cc3ccccc3)c(C)[nH]2)c1C. The number of hydrogen-bond donors (Lipinski definition) is 3. The van der Waals surface area contributed by atoms with Crippen LogP contribution in [-0.2, 0) is 21.2 Å². The summed E-state index contributed by atoms with van der Waals surface area (Å²) in [5.41, 5.74) is 5.04. The molecule has 0 bridgehead atoms. The number of sulfonamides is 1. The molecule has 7 nitrogen and oxygen atoms in total. The van der Waals surface area contributed by atoms with Gasteiger partial charge in [-0.05, 0) is 49.6 Å². The van der Waals surface area contributed by atoms with Gasteiger partial charge in [0.15, 0.2) is 5.16 Å².